The zero-order valence-electron chi connectivity index (χ0n) is 12.3. The summed E-state index contributed by atoms with van der Waals surface area (Å²) in [6.07, 6.45) is 5.82. The molecule has 0 aromatic rings. The minimum absolute atomic E-state index is 0.135. The van der Waals surface area contributed by atoms with Crippen molar-refractivity contribution in [3.05, 3.63) is 12.7 Å². The highest BCUT2D eigenvalue weighted by molar-refractivity contribution is 5.75. The molecule has 0 N–H and O–H groups in total. The van der Waals surface area contributed by atoms with Crippen molar-refractivity contribution >= 4 is 11.8 Å². The third kappa shape index (κ3) is 9.42. The van der Waals surface area contributed by atoms with Crippen LogP contribution in [-0.2, 0) is 19.1 Å². The number of rotatable bonds is 11. The highest BCUT2D eigenvalue weighted by atomic mass is 16.6. The molecule has 0 bridgehead atoms. The van der Waals surface area contributed by atoms with Crippen LogP contribution in [0, 0.1) is 0 Å². The lowest BCUT2D eigenvalue weighted by atomic mass is 10.0. The third-order valence-electron chi connectivity index (χ3n) is 2.96. The van der Waals surface area contributed by atoms with Crippen LogP contribution in [0.25, 0.3) is 0 Å². The summed E-state index contributed by atoms with van der Waals surface area (Å²) in [6, 6.07) is 0. The highest BCUT2D eigenvalue weighted by Crippen LogP contribution is 2.14. The molecule has 0 amide bonds. The van der Waals surface area contributed by atoms with E-state index in [2.05, 4.69) is 6.58 Å². The molecule has 110 valence electrons. The summed E-state index contributed by atoms with van der Waals surface area (Å²) < 4.78 is 10.4. The van der Waals surface area contributed by atoms with Gasteiger partial charge in [-0.1, -0.05) is 6.08 Å². The standard InChI is InChI=1S/C15H26O4/c1-5-6-7-10-14(11-8-9-12(2)16)19-15(17)13(3)18-4/h5,13-14H,1,6-11H2,2-4H3. The van der Waals surface area contributed by atoms with Gasteiger partial charge in [0.05, 0.1) is 0 Å². The van der Waals surface area contributed by atoms with E-state index in [1.165, 1.54) is 7.11 Å². The molecule has 0 aromatic heterocycles. The Labute approximate surface area is 116 Å². The van der Waals surface area contributed by atoms with Gasteiger partial charge in [-0.3, -0.25) is 0 Å². The number of carbonyl (C=O) groups is 2. The van der Waals surface area contributed by atoms with Gasteiger partial charge in [0.2, 0.25) is 0 Å². The predicted molar refractivity (Wildman–Crippen MR) is 74.9 cm³/mol. The first-order valence-corrected chi connectivity index (χ1v) is 6.84. The van der Waals surface area contributed by atoms with Crippen LogP contribution in [0.15, 0.2) is 12.7 Å². The molecule has 0 aromatic carbocycles. The third-order valence-corrected chi connectivity index (χ3v) is 2.96. The van der Waals surface area contributed by atoms with Gasteiger partial charge < -0.3 is 14.3 Å². The summed E-state index contributed by atoms with van der Waals surface area (Å²) in [7, 11) is 1.48. The Hall–Kier alpha value is -1.16. The molecule has 0 fully saturated rings. The van der Waals surface area contributed by atoms with E-state index in [0.29, 0.717) is 6.42 Å². The van der Waals surface area contributed by atoms with Gasteiger partial charge in [-0.15, -0.1) is 6.58 Å². The quantitative estimate of drug-likeness (QED) is 0.329. The molecule has 0 heterocycles. The van der Waals surface area contributed by atoms with Crippen molar-refractivity contribution in [2.45, 2.75) is 64.6 Å². The molecule has 0 spiro atoms. The molecule has 0 saturated heterocycles. The first-order valence-electron chi connectivity index (χ1n) is 6.84. The van der Waals surface area contributed by atoms with Crippen LogP contribution in [0.3, 0.4) is 0 Å². The maximum atomic E-state index is 11.7. The molecular weight excluding hydrogens is 244 g/mol. The first-order chi connectivity index (χ1) is 9.01. The summed E-state index contributed by atoms with van der Waals surface area (Å²) in [6.45, 7) is 6.91. The van der Waals surface area contributed by atoms with Crippen LogP contribution >= 0.6 is 0 Å². The summed E-state index contributed by atoms with van der Waals surface area (Å²) in [5, 5.41) is 0. The monoisotopic (exact) mass is 270 g/mol. The Bertz CT molecular complexity index is 286. The van der Waals surface area contributed by atoms with Crippen molar-refractivity contribution in [2.75, 3.05) is 7.11 Å². The highest BCUT2D eigenvalue weighted by Gasteiger charge is 2.19. The number of ether oxygens (including phenoxy) is 2. The number of esters is 1. The Morgan fingerprint density at radius 3 is 2.42 bits per heavy atom. The number of carbonyl (C=O) groups excluding carboxylic acids is 2. The molecule has 0 radical (unpaired) electrons. The largest absolute Gasteiger partial charge is 0.460 e. The summed E-state index contributed by atoms with van der Waals surface area (Å²) >= 11 is 0. The fraction of sp³-hybridized carbons (Fsp3) is 0.733. The van der Waals surface area contributed by atoms with Crippen molar-refractivity contribution in [1.29, 1.82) is 0 Å². The molecule has 19 heavy (non-hydrogen) atoms. The number of hydrogen-bond acceptors (Lipinski definition) is 4. The number of allylic oxidation sites excluding steroid dienone is 1. The average Bonchev–Trinajstić information content (AvgIpc) is 2.37. The molecule has 4 nitrogen and oxygen atoms in total. The normalized spacial score (nSPS) is 13.6. The van der Waals surface area contributed by atoms with Crippen molar-refractivity contribution in [1.82, 2.24) is 0 Å². The van der Waals surface area contributed by atoms with E-state index in [4.69, 9.17) is 9.47 Å². The van der Waals surface area contributed by atoms with E-state index in [0.717, 1.165) is 32.1 Å². The molecule has 2 atom stereocenters. The number of hydrogen-bond donors (Lipinski definition) is 0. The predicted octanol–water partition coefficient (Wildman–Crippen LogP) is 3.05. The van der Waals surface area contributed by atoms with Crippen LogP contribution in [0.5, 0.6) is 0 Å². The Balaban J connectivity index is 4.19. The van der Waals surface area contributed by atoms with E-state index in [9.17, 15) is 9.59 Å². The van der Waals surface area contributed by atoms with E-state index >= 15 is 0 Å². The number of Topliss-reactive ketones (excluding diaryl/α,β-unsaturated/α-hetero) is 1. The van der Waals surface area contributed by atoms with Crippen molar-refractivity contribution in [3.63, 3.8) is 0 Å². The summed E-state index contributed by atoms with van der Waals surface area (Å²) in [5.41, 5.74) is 0. The van der Waals surface area contributed by atoms with E-state index in [-0.39, 0.29) is 17.9 Å². The average molecular weight is 270 g/mol. The molecule has 0 rings (SSSR count). The van der Waals surface area contributed by atoms with Gasteiger partial charge >= 0.3 is 5.97 Å². The molecule has 0 aliphatic heterocycles. The van der Waals surface area contributed by atoms with Crippen LogP contribution in [-0.4, -0.2) is 31.1 Å². The molecule has 4 heteroatoms. The zero-order chi connectivity index (χ0) is 14.7. The van der Waals surface area contributed by atoms with Crippen LogP contribution in [0.4, 0.5) is 0 Å². The Kier molecular flexibility index (Phi) is 10.1. The molecular formula is C15H26O4. The molecule has 0 saturated carbocycles. The minimum atomic E-state index is -0.547. The summed E-state index contributed by atoms with van der Waals surface area (Å²) in [4.78, 5) is 22.6. The molecule has 0 aliphatic carbocycles. The van der Waals surface area contributed by atoms with Gasteiger partial charge in [0.1, 0.15) is 11.9 Å². The maximum absolute atomic E-state index is 11.7. The molecule has 2 unspecified atom stereocenters. The van der Waals surface area contributed by atoms with Gasteiger partial charge in [-0.05, 0) is 46.0 Å². The van der Waals surface area contributed by atoms with E-state index in [1.54, 1.807) is 13.8 Å². The van der Waals surface area contributed by atoms with Gasteiger partial charge in [-0.2, -0.15) is 0 Å². The second kappa shape index (κ2) is 10.7. The SMILES string of the molecule is C=CCCCC(CCCC(C)=O)OC(=O)C(C)OC. The van der Waals surface area contributed by atoms with Crippen molar-refractivity contribution in [3.8, 4) is 0 Å². The topological polar surface area (TPSA) is 52.6 Å². The van der Waals surface area contributed by atoms with E-state index < -0.39 is 6.10 Å². The van der Waals surface area contributed by atoms with Crippen LogP contribution in [0.1, 0.15) is 52.4 Å². The fourth-order valence-corrected chi connectivity index (χ4v) is 1.69. The fourth-order valence-electron chi connectivity index (χ4n) is 1.69. The first kappa shape index (κ1) is 17.8. The lowest BCUT2D eigenvalue weighted by Crippen LogP contribution is -2.27. The number of unbranched alkanes of at least 4 members (excludes halogenated alkanes) is 1. The van der Waals surface area contributed by atoms with Gasteiger partial charge in [0, 0.05) is 13.5 Å². The van der Waals surface area contributed by atoms with Crippen molar-refractivity contribution < 1.29 is 19.1 Å². The van der Waals surface area contributed by atoms with Gasteiger partial charge in [0.25, 0.3) is 0 Å². The van der Waals surface area contributed by atoms with Crippen molar-refractivity contribution in [2.24, 2.45) is 0 Å². The molecule has 0 aliphatic rings. The lowest BCUT2D eigenvalue weighted by Gasteiger charge is -2.19. The lowest BCUT2D eigenvalue weighted by molar-refractivity contribution is -0.160. The minimum Gasteiger partial charge on any atom is -0.460 e. The van der Waals surface area contributed by atoms with Crippen LogP contribution < -0.4 is 0 Å². The maximum Gasteiger partial charge on any atom is 0.335 e. The van der Waals surface area contributed by atoms with Gasteiger partial charge in [-0.25, -0.2) is 4.79 Å². The van der Waals surface area contributed by atoms with E-state index in [1.807, 2.05) is 6.08 Å². The smallest absolute Gasteiger partial charge is 0.335 e. The second-order valence-electron chi connectivity index (χ2n) is 4.75. The Morgan fingerprint density at radius 1 is 1.26 bits per heavy atom. The number of ketones is 1. The van der Waals surface area contributed by atoms with Crippen LogP contribution in [0.2, 0.25) is 0 Å². The van der Waals surface area contributed by atoms with Gasteiger partial charge in [0.15, 0.2) is 6.10 Å². The zero-order valence-corrected chi connectivity index (χ0v) is 12.3. The number of methoxy groups -OCH3 is 1. The summed E-state index contributed by atoms with van der Waals surface area (Å²) in [5.74, 6) is -0.171. The second-order valence-corrected chi connectivity index (χ2v) is 4.75. The Morgan fingerprint density at radius 2 is 1.89 bits per heavy atom.